The van der Waals surface area contributed by atoms with Crippen LogP contribution in [0.3, 0.4) is 0 Å². The molecule has 3 atom stereocenters. The van der Waals surface area contributed by atoms with E-state index in [9.17, 15) is 9.18 Å². The molecule has 0 radical (unpaired) electrons. The molecule has 23 heavy (non-hydrogen) atoms. The zero-order valence-electron chi connectivity index (χ0n) is 13.1. The second kappa shape index (κ2) is 5.18. The number of anilines is 2. The number of hydrogen-bond acceptors (Lipinski definition) is 3. The lowest BCUT2D eigenvalue weighted by molar-refractivity contribution is -0.117. The van der Waals surface area contributed by atoms with Gasteiger partial charge in [-0.05, 0) is 42.8 Å². The summed E-state index contributed by atoms with van der Waals surface area (Å²) in [4.78, 5) is 18.5. The van der Waals surface area contributed by atoms with Crippen molar-refractivity contribution in [3.63, 3.8) is 0 Å². The fourth-order valence-electron chi connectivity index (χ4n) is 3.58. The molecule has 1 aromatic heterocycles. The van der Waals surface area contributed by atoms with Gasteiger partial charge in [-0.3, -0.25) is 9.78 Å². The fourth-order valence-corrected chi connectivity index (χ4v) is 3.58. The van der Waals surface area contributed by atoms with E-state index in [0.717, 1.165) is 35.0 Å². The maximum atomic E-state index is 13.3. The number of benzene rings is 1. The van der Waals surface area contributed by atoms with Crippen molar-refractivity contribution in [3.05, 3.63) is 30.1 Å². The van der Waals surface area contributed by atoms with Crippen LogP contribution in [0.15, 0.2) is 24.4 Å². The van der Waals surface area contributed by atoms with Crippen molar-refractivity contribution in [2.45, 2.75) is 50.7 Å². The van der Waals surface area contributed by atoms with Gasteiger partial charge >= 0.3 is 0 Å². The van der Waals surface area contributed by atoms with Crippen molar-refractivity contribution in [1.82, 2.24) is 4.98 Å². The van der Waals surface area contributed by atoms with Crippen LogP contribution in [0.5, 0.6) is 0 Å². The van der Waals surface area contributed by atoms with E-state index in [-0.39, 0.29) is 17.9 Å². The van der Waals surface area contributed by atoms with Gasteiger partial charge in [0.1, 0.15) is 6.17 Å². The number of nitrogen functional groups attached to an aromatic ring is 1. The minimum atomic E-state index is -0.773. The highest BCUT2D eigenvalue weighted by molar-refractivity contribution is 6.02. The Bertz CT molecular complexity index is 791. The molecule has 3 unspecified atom stereocenters. The summed E-state index contributed by atoms with van der Waals surface area (Å²) < 4.78 is 13.3. The van der Waals surface area contributed by atoms with Gasteiger partial charge in [0, 0.05) is 47.0 Å². The minimum absolute atomic E-state index is 0.0823. The zero-order valence-corrected chi connectivity index (χ0v) is 13.1. The molecular weight excluding hydrogens is 293 g/mol. The van der Waals surface area contributed by atoms with Crippen LogP contribution in [0, 0.1) is 0 Å². The van der Waals surface area contributed by atoms with E-state index in [0.29, 0.717) is 18.5 Å². The largest absolute Gasteiger partial charge is 0.398 e. The number of nitrogens with two attached hydrogens (primary N) is 1. The zero-order chi connectivity index (χ0) is 16.1. The maximum absolute atomic E-state index is 13.3. The molecule has 0 spiro atoms. The highest BCUT2D eigenvalue weighted by atomic mass is 19.1. The number of pyridine rings is 1. The molecule has 4 nitrogen and oxygen atoms in total. The fraction of sp³-hybridized carbons (Fsp3) is 0.444. The van der Waals surface area contributed by atoms with E-state index in [1.807, 2.05) is 23.1 Å². The van der Waals surface area contributed by atoms with Crippen LogP contribution in [0.4, 0.5) is 15.8 Å². The standard InChI is InChI=1S/C18H20FN3O/c1-2-11-3-4-18(23)22(11)12-5-10-6-17(13-8-15(13)19)21-9-14(10)16(20)7-12/h5-7,9,11,13,15H,2-4,8,20H2,1H3. The van der Waals surface area contributed by atoms with Crippen LogP contribution in [0.1, 0.15) is 44.2 Å². The molecular formula is C18H20FN3O. The smallest absolute Gasteiger partial charge is 0.227 e. The first-order valence-electron chi connectivity index (χ1n) is 8.23. The van der Waals surface area contributed by atoms with Crippen molar-refractivity contribution in [2.24, 2.45) is 0 Å². The van der Waals surface area contributed by atoms with Gasteiger partial charge in [-0.15, -0.1) is 0 Å². The van der Waals surface area contributed by atoms with Crippen molar-refractivity contribution in [3.8, 4) is 0 Å². The third-order valence-corrected chi connectivity index (χ3v) is 5.04. The van der Waals surface area contributed by atoms with Crippen LogP contribution in [-0.2, 0) is 4.79 Å². The van der Waals surface area contributed by atoms with Gasteiger partial charge in [0.25, 0.3) is 0 Å². The molecule has 120 valence electrons. The Morgan fingerprint density at radius 2 is 2.17 bits per heavy atom. The summed E-state index contributed by atoms with van der Waals surface area (Å²) in [6.45, 7) is 2.09. The Morgan fingerprint density at radius 3 is 2.87 bits per heavy atom. The van der Waals surface area contributed by atoms with Crippen LogP contribution in [0.25, 0.3) is 10.8 Å². The van der Waals surface area contributed by atoms with Crippen LogP contribution >= 0.6 is 0 Å². The first-order valence-corrected chi connectivity index (χ1v) is 8.23. The average molecular weight is 313 g/mol. The van der Waals surface area contributed by atoms with E-state index in [1.54, 1.807) is 6.20 Å². The summed E-state index contributed by atoms with van der Waals surface area (Å²) in [5, 5.41) is 1.78. The number of fused-ring (bicyclic) bond motifs is 1. The average Bonchev–Trinajstić information content (AvgIpc) is 3.15. The summed E-state index contributed by atoms with van der Waals surface area (Å²) in [6, 6.07) is 5.99. The lowest BCUT2D eigenvalue weighted by Crippen LogP contribution is -2.32. The molecule has 2 N–H and O–H groups in total. The number of nitrogens with zero attached hydrogens (tertiary/aromatic N) is 2. The summed E-state index contributed by atoms with van der Waals surface area (Å²) in [6.07, 6.45) is 3.90. The number of aromatic nitrogens is 1. The Kier molecular flexibility index (Phi) is 3.25. The molecule has 1 aromatic carbocycles. The lowest BCUT2D eigenvalue weighted by atomic mass is 10.1. The van der Waals surface area contributed by atoms with Gasteiger partial charge in [0.05, 0.1) is 0 Å². The number of carbonyl (C=O) groups is 1. The number of alkyl halides is 1. The monoisotopic (exact) mass is 313 g/mol. The van der Waals surface area contributed by atoms with E-state index >= 15 is 0 Å². The lowest BCUT2D eigenvalue weighted by Gasteiger charge is -2.24. The molecule has 0 bridgehead atoms. The summed E-state index contributed by atoms with van der Waals surface area (Å²) >= 11 is 0. The van der Waals surface area contributed by atoms with Crippen molar-refractivity contribution in [1.29, 1.82) is 0 Å². The molecule has 4 rings (SSSR count). The van der Waals surface area contributed by atoms with E-state index in [2.05, 4.69) is 11.9 Å². The molecule has 5 heteroatoms. The normalized spacial score (nSPS) is 27.0. The number of amides is 1. The van der Waals surface area contributed by atoms with Gasteiger partial charge < -0.3 is 10.6 Å². The van der Waals surface area contributed by atoms with E-state index in [4.69, 9.17) is 5.73 Å². The van der Waals surface area contributed by atoms with Crippen LogP contribution in [0.2, 0.25) is 0 Å². The molecule has 1 aliphatic heterocycles. The number of carbonyl (C=O) groups excluding carboxylic acids is 1. The summed E-state index contributed by atoms with van der Waals surface area (Å²) in [5.74, 6) is 0.0667. The molecule has 2 heterocycles. The Hall–Kier alpha value is -2.17. The summed E-state index contributed by atoms with van der Waals surface area (Å²) in [7, 11) is 0. The Labute approximate surface area is 134 Å². The second-order valence-corrected chi connectivity index (χ2v) is 6.59. The number of halogens is 1. The van der Waals surface area contributed by atoms with Crippen molar-refractivity contribution >= 4 is 28.1 Å². The molecule has 2 fully saturated rings. The summed E-state index contributed by atoms with van der Waals surface area (Å²) in [5.41, 5.74) is 8.40. The maximum Gasteiger partial charge on any atom is 0.227 e. The van der Waals surface area contributed by atoms with Gasteiger partial charge in [0.2, 0.25) is 5.91 Å². The molecule has 1 amide bonds. The molecule has 2 aliphatic rings. The topological polar surface area (TPSA) is 59.2 Å². The van der Waals surface area contributed by atoms with Crippen molar-refractivity contribution in [2.75, 3.05) is 10.6 Å². The second-order valence-electron chi connectivity index (χ2n) is 6.59. The van der Waals surface area contributed by atoms with Gasteiger partial charge in [-0.1, -0.05) is 6.92 Å². The predicted octanol–water partition coefficient (Wildman–Crippen LogP) is 3.55. The predicted molar refractivity (Wildman–Crippen MR) is 89.2 cm³/mol. The Morgan fingerprint density at radius 1 is 1.39 bits per heavy atom. The van der Waals surface area contributed by atoms with Gasteiger partial charge in [-0.25, -0.2) is 4.39 Å². The SMILES string of the molecule is CCC1CCC(=O)N1c1cc(N)c2cnc(C3CC3F)cc2c1. The highest BCUT2D eigenvalue weighted by Crippen LogP contribution is 2.43. The molecule has 1 saturated carbocycles. The van der Waals surface area contributed by atoms with Crippen LogP contribution < -0.4 is 10.6 Å². The quantitative estimate of drug-likeness (QED) is 0.882. The first kappa shape index (κ1) is 14.4. The molecule has 1 aliphatic carbocycles. The van der Waals surface area contributed by atoms with Gasteiger partial charge in [-0.2, -0.15) is 0 Å². The van der Waals surface area contributed by atoms with Crippen molar-refractivity contribution < 1.29 is 9.18 Å². The van der Waals surface area contributed by atoms with Gasteiger partial charge in [0.15, 0.2) is 0 Å². The first-order chi connectivity index (χ1) is 11.1. The molecule has 2 aromatic rings. The minimum Gasteiger partial charge on any atom is -0.398 e. The Balaban J connectivity index is 1.80. The third kappa shape index (κ3) is 2.35. The number of hydrogen-bond donors (Lipinski definition) is 1. The van der Waals surface area contributed by atoms with E-state index in [1.165, 1.54) is 0 Å². The third-order valence-electron chi connectivity index (χ3n) is 5.04. The highest BCUT2D eigenvalue weighted by Gasteiger charge is 2.40. The number of rotatable bonds is 3. The van der Waals surface area contributed by atoms with E-state index < -0.39 is 6.17 Å². The molecule has 1 saturated heterocycles. The van der Waals surface area contributed by atoms with Crippen LogP contribution in [-0.4, -0.2) is 23.1 Å².